The number of ketones is 2. The molecule has 0 aromatic rings. The van der Waals surface area contributed by atoms with Crippen molar-refractivity contribution in [1.82, 2.24) is 0 Å². The van der Waals surface area contributed by atoms with Gasteiger partial charge in [-0.05, 0) is 33.1 Å². The van der Waals surface area contributed by atoms with Crippen molar-refractivity contribution in [3.05, 3.63) is 49.6 Å². The third-order valence-corrected chi connectivity index (χ3v) is 3.10. The van der Waals surface area contributed by atoms with Gasteiger partial charge in [0.2, 0.25) is 0 Å². The molecule has 0 aliphatic rings. The molecular formula is C17H24O2. The number of hydrogen-bond donors (Lipinski definition) is 0. The van der Waals surface area contributed by atoms with Crippen molar-refractivity contribution in [2.24, 2.45) is 11.8 Å². The second-order valence-corrected chi connectivity index (χ2v) is 4.65. The summed E-state index contributed by atoms with van der Waals surface area (Å²) in [6.07, 6.45) is 12.8. The van der Waals surface area contributed by atoms with Crippen LogP contribution in [0, 0.1) is 11.8 Å². The van der Waals surface area contributed by atoms with Crippen LogP contribution in [0.1, 0.15) is 33.1 Å². The van der Waals surface area contributed by atoms with Crippen molar-refractivity contribution in [2.75, 3.05) is 0 Å². The summed E-state index contributed by atoms with van der Waals surface area (Å²) in [4.78, 5) is 23.2. The number of carbonyl (C=O) groups excluding carboxylic acids is 2. The third kappa shape index (κ3) is 8.09. The van der Waals surface area contributed by atoms with Crippen molar-refractivity contribution in [3.8, 4) is 0 Å². The Kier molecular flexibility index (Phi) is 9.33. The number of hydrogen-bond acceptors (Lipinski definition) is 2. The molecule has 0 aromatic carbocycles. The highest BCUT2D eigenvalue weighted by Gasteiger charge is 2.21. The Morgan fingerprint density at radius 2 is 1.26 bits per heavy atom. The maximum absolute atomic E-state index is 11.6. The Morgan fingerprint density at radius 3 is 1.53 bits per heavy atom. The van der Waals surface area contributed by atoms with Crippen LogP contribution < -0.4 is 0 Å². The molecule has 19 heavy (non-hydrogen) atoms. The predicted molar refractivity (Wildman–Crippen MR) is 80.9 cm³/mol. The lowest BCUT2D eigenvalue weighted by atomic mass is 9.85. The minimum absolute atomic E-state index is 0.0952. The van der Waals surface area contributed by atoms with E-state index in [1.54, 1.807) is 26.0 Å². The van der Waals surface area contributed by atoms with E-state index in [1.807, 2.05) is 24.3 Å². The number of allylic oxidation sites excluding steroid dienone is 6. The Hall–Kier alpha value is -1.70. The highest BCUT2D eigenvalue weighted by Crippen LogP contribution is 2.21. The first-order chi connectivity index (χ1) is 9.02. The van der Waals surface area contributed by atoms with Gasteiger partial charge in [0.25, 0.3) is 0 Å². The molecule has 2 nitrogen and oxygen atoms in total. The smallest absolute Gasteiger partial charge is 0.133 e. The average Bonchev–Trinajstić information content (AvgIpc) is 2.35. The summed E-state index contributed by atoms with van der Waals surface area (Å²) in [5, 5.41) is 0. The van der Waals surface area contributed by atoms with E-state index in [1.165, 1.54) is 0 Å². The molecule has 2 atom stereocenters. The van der Waals surface area contributed by atoms with E-state index in [0.29, 0.717) is 19.3 Å². The molecule has 104 valence electrons. The summed E-state index contributed by atoms with van der Waals surface area (Å²) in [6.45, 7) is 10.4. The fourth-order valence-corrected chi connectivity index (χ4v) is 1.88. The van der Waals surface area contributed by atoms with Gasteiger partial charge in [0.15, 0.2) is 0 Å². The Bertz CT molecular complexity index is 339. The molecule has 0 rings (SSSR count). The van der Waals surface area contributed by atoms with E-state index in [9.17, 15) is 9.59 Å². The monoisotopic (exact) mass is 260 g/mol. The summed E-state index contributed by atoms with van der Waals surface area (Å²) >= 11 is 0. The fraction of sp³-hybridized carbons (Fsp3) is 0.412. The van der Waals surface area contributed by atoms with Crippen molar-refractivity contribution < 1.29 is 9.59 Å². The van der Waals surface area contributed by atoms with Crippen molar-refractivity contribution >= 4 is 11.6 Å². The predicted octanol–water partition coefficient (Wildman–Crippen LogP) is 4.05. The van der Waals surface area contributed by atoms with Crippen LogP contribution in [0.3, 0.4) is 0 Å². The zero-order valence-corrected chi connectivity index (χ0v) is 12.0. The second kappa shape index (κ2) is 10.2. The first-order valence-corrected chi connectivity index (χ1v) is 6.58. The van der Waals surface area contributed by atoms with Gasteiger partial charge in [-0.1, -0.05) is 49.6 Å². The van der Waals surface area contributed by atoms with Gasteiger partial charge in [-0.3, -0.25) is 9.59 Å². The third-order valence-electron chi connectivity index (χ3n) is 3.10. The lowest BCUT2D eigenvalue weighted by Crippen LogP contribution is -2.19. The topological polar surface area (TPSA) is 34.1 Å². The van der Waals surface area contributed by atoms with Gasteiger partial charge < -0.3 is 0 Å². The van der Waals surface area contributed by atoms with Gasteiger partial charge in [-0.2, -0.15) is 0 Å². The van der Waals surface area contributed by atoms with E-state index in [2.05, 4.69) is 13.2 Å². The Labute approximate surface area is 116 Å². The summed E-state index contributed by atoms with van der Waals surface area (Å²) in [7, 11) is 0. The average molecular weight is 260 g/mol. The minimum Gasteiger partial charge on any atom is -0.300 e. The fourth-order valence-electron chi connectivity index (χ4n) is 1.88. The van der Waals surface area contributed by atoms with Crippen LogP contribution in [0.2, 0.25) is 0 Å². The van der Waals surface area contributed by atoms with Crippen molar-refractivity contribution in [3.63, 3.8) is 0 Å². The van der Waals surface area contributed by atoms with E-state index >= 15 is 0 Å². The van der Waals surface area contributed by atoms with E-state index in [4.69, 9.17) is 0 Å². The Morgan fingerprint density at radius 1 is 0.895 bits per heavy atom. The summed E-state index contributed by atoms with van der Waals surface area (Å²) in [6, 6.07) is 0. The standard InChI is InChI=1S/C17H24O2/c1-5-7-9-11-16(14(3)18)13-17(15(4)19)12-10-8-6-2/h5-10,16-17H,1-2,11-13H2,3-4H3/b9-7+,10-8+. The molecule has 0 aliphatic heterocycles. The molecule has 0 heterocycles. The number of rotatable bonds is 10. The largest absolute Gasteiger partial charge is 0.300 e. The molecule has 0 bridgehead atoms. The lowest BCUT2D eigenvalue weighted by Gasteiger charge is -2.17. The maximum Gasteiger partial charge on any atom is 0.133 e. The molecular weight excluding hydrogens is 236 g/mol. The van der Waals surface area contributed by atoms with Crippen LogP contribution in [0.25, 0.3) is 0 Å². The summed E-state index contributed by atoms with van der Waals surface area (Å²) in [5.41, 5.74) is 0. The molecule has 0 spiro atoms. The summed E-state index contributed by atoms with van der Waals surface area (Å²) < 4.78 is 0. The van der Waals surface area contributed by atoms with Crippen LogP contribution in [0.4, 0.5) is 0 Å². The molecule has 0 fully saturated rings. The maximum atomic E-state index is 11.6. The van der Waals surface area contributed by atoms with Gasteiger partial charge in [0.05, 0.1) is 0 Å². The summed E-state index contributed by atoms with van der Waals surface area (Å²) in [5.74, 6) is 0.0739. The van der Waals surface area contributed by atoms with Gasteiger partial charge in [0, 0.05) is 11.8 Å². The van der Waals surface area contributed by atoms with Gasteiger partial charge in [-0.15, -0.1) is 0 Å². The number of carbonyl (C=O) groups is 2. The highest BCUT2D eigenvalue weighted by atomic mass is 16.1. The van der Waals surface area contributed by atoms with Gasteiger partial charge >= 0.3 is 0 Å². The van der Waals surface area contributed by atoms with Crippen molar-refractivity contribution in [1.29, 1.82) is 0 Å². The van der Waals surface area contributed by atoms with Crippen LogP contribution in [0.15, 0.2) is 49.6 Å². The molecule has 2 unspecified atom stereocenters. The first kappa shape index (κ1) is 17.3. The van der Waals surface area contributed by atoms with Crippen molar-refractivity contribution in [2.45, 2.75) is 33.1 Å². The van der Waals surface area contributed by atoms with Crippen LogP contribution in [-0.4, -0.2) is 11.6 Å². The van der Waals surface area contributed by atoms with E-state index in [-0.39, 0.29) is 23.4 Å². The normalized spacial score (nSPS) is 14.4. The van der Waals surface area contributed by atoms with Gasteiger partial charge in [-0.25, -0.2) is 0 Å². The second-order valence-electron chi connectivity index (χ2n) is 4.65. The quantitative estimate of drug-likeness (QED) is 0.555. The zero-order valence-electron chi connectivity index (χ0n) is 12.0. The Balaban J connectivity index is 4.64. The van der Waals surface area contributed by atoms with Crippen LogP contribution in [-0.2, 0) is 9.59 Å². The van der Waals surface area contributed by atoms with E-state index < -0.39 is 0 Å². The van der Waals surface area contributed by atoms with Crippen LogP contribution in [0.5, 0.6) is 0 Å². The number of Topliss-reactive ketones (excluding diaryl/α,β-unsaturated/α-hetero) is 2. The van der Waals surface area contributed by atoms with Gasteiger partial charge in [0.1, 0.15) is 11.6 Å². The molecule has 0 aromatic heterocycles. The highest BCUT2D eigenvalue weighted by molar-refractivity contribution is 5.81. The minimum atomic E-state index is -0.0952. The van der Waals surface area contributed by atoms with Crippen LogP contribution >= 0.6 is 0 Å². The molecule has 0 saturated heterocycles. The van der Waals surface area contributed by atoms with E-state index in [0.717, 1.165) is 0 Å². The first-order valence-electron chi connectivity index (χ1n) is 6.58. The lowest BCUT2D eigenvalue weighted by molar-refractivity contribution is -0.123. The molecule has 0 radical (unpaired) electrons. The molecule has 0 saturated carbocycles. The SMILES string of the molecule is C=C/C=C/CC(CC(C/C=C/C=C)C(C)=O)C(C)=O. The molecule has 0 amide bonds. The molecule has 0 aliphatic carbocycles. The molecule has 0 N–H and O–H groups in total. The zero-order chi connectivity index (χ0) is 14.7. The molecule has 2 heteroatoms.